The third kappa shape index (κ3) is 6.71. The minimum absolute atomic E-state index is 0.0615. The van der Waals surface area contributed by atoms with Crippen molar-refractivity contribution in [3.63, 3.8) is 0 Å². The first-order valence-corrected chi connectivity index (χ1v) is 15.7. The predicted octanol–water partition coefficient (Wildman–Crippen LogP) is 6.35. The summed E-state index contributed by atoms with van der Waals surface area (Å²) in [7, 11) is 0. The highest BCUT2D eigenvalue weighted by atomic mass is 19.1. The first-order valence-electron chi connectivity index (χ1n) is 15.7. The van der Waals surface area contributed by atoms with Gasteiger partial charge in [0.2, 0.25) is 0 Å². The van der Waals surface area contributed by atoms with E-state index >= 15 is 4.39 Å². The second-order valence-corrected chi connectivity index (χ2v) is 14.2. The fourth-order valence-electron chi connectivity index (χ4n) is 6.14. The number of aromatic nitrogens is 2. The van der Waals surface area contributed by atoms with Crippen LogP contribution in [0.4, 0.5) is 15.0 Å². The van der Waals surface area contributed by atoms with Crippen molar-refractivity contribution in [3.8, 4) is 11.5 Å². The summed E-state index contributed by atoms with van der Waals surface area (Å²) in [6.45, 7) is 14.7. The molecule has 1 unspecified atom stereocenters. The molecular formula is C35H43FN4O5. The van der Waals surface area contributed by atoms with Crippen LogP contribution in [-0.4, -0.2) is 60.1 Å². The molecule has 2 aliphatic heterocycles. The molecule has 2 saturated heterocycles. The number of alkyl carbamates (subject to hydrolysis) is 1. The fourth-order valence-corrected chi connectivity index (χ4v) is 6.14. The summed E-state index contributed by atoms with van der Waals surface area (Å²) in [5, 5.41) is 2.90. The van der Waals surface area contributed by atoms with E-state index < -0.39 is 17.5 Å². The zero-order valence-corrected chi connectivity index (χ0v) is 26.9. The van der Waals surface area contributed by atoms with Gasteiger partial charge in [0.1, 0.15) is 41.3 Å². The maximum absolute atomic E-state index is 15.4. The van der Waals surface area contributed by atoms with Gasteiger partial charge in [-0.25, -0.2) is 19.2 Å². The Morgan fingerprint density at radius 2 is 1.58 bits per heavy atom. The van der Waals surface area contributed by atoms with Gasteiger partial charge in [0.05, 0.1) is 18.6 Å². The molecule has 0 radical (unpaired) electrons. The van der Waals surface area contributed by atoms with Crippen LogP contribution in [0.25, 0.3) is 0 Å². The van der Waals surface area contributed by atoms with Crippen molar-refractivity contribution < 1.29 is 28.1 Å². The molecule has 1 atom stereocenters. The van der Waals surface area contributed by atoms with Gasteiger partial charge in [-0.15, -0.1) is 0 Å². The first kappa shape index (κ1) is 31.1. The maximum Gasteiger partial charge on any atom is 0.407 e. The molecule has 240 valence electrons. The number of halogens is 1. The zero-order valence-electron chi connectivity index (χ0n) is 26.9. The highest BCUT2D eigenvalue weighted by Crippen LogP contribution is 2.41. The molecule has 9 nitrogen and oxygen atoms in total. The van der Waals surface area contributed by atoms with Crippen LogP contribution in [0.1, 0.15) is 77.3 Å². The summed E-state index contributed by atoms with van der Waals surface area (Å²) < 4.78 is 38.3. The van der Waals surface area contributed by atoms with Crippen LogP contribution in [0, 0.1) is 11.2 Å². The molecule has 10 heteroatoms. The van der Waals surface area contributed by atoms with E-state index in [4.69, 9.17) is 18.9 Å². The van der Waals surface area contributed by atoms with Gasteiger partial charge in [-0.1, -0.05) is 38.1 Å². The Kier molecular flexibility index (Phi) is 8.14. The number of rotatable bonds is 9. The van der Waals surface area contributed by atoms with Crippen molar-refractivity contribution in [2.24, 2.45) is 5.41 Å². The van der Waals surface area contributed by atoms with E-state index in [1.54, 1.807) is 6.92 Å². The number of hydrogen-bond donors (Lipinski definition) is 1. The van der Waals surface area contributed by atoms with Crippen LogP contribution in [0.5, 0.6) is 11.5 Å². The van der Waals surface area contributed by atoms with Crippen LogP contribution in [0.2, 0.25) is 0 Å². The molecule has 1 spiro atoms. The molecule has 3 aliphatic rings. The normalized spacial score (nSPS) is 21.2. The van der Waals surface area contributed by atoms with Crippen LogP contribution >= 0.6 is 0 Å². The monoisotopic (exact) mass is 618 g/mol. The van der Waals surface area contributed by atoms with E-state index in [-0.39, 0.29) is 34.8 Å². The second kappa shape index (κ2) is 11.8. The number of anilines is 1. The van der Waals surface area contributed by atoms with Gasteiger partial charge < -0.3 is 29.2 Å². The highest BCUT2D eigenvalue weighted by Gasteiger charge is 2.50. The van der Waals surface area contributed by atoms with E-state index in [1.165, 1.54) is 6.33 Å². The number of benzene rings is 2. The van der Waals surface area contributed by atoms with Crippen molar-refractivity contribution in [3.05, 3.63) is 77.5 Å². The lowest BCUT2D eigenvalue weighted by atomic mass is 9.78. The quantitative estimate of drug-likeness (QED) is 0.296. The molecule has 3 aromatic rings. The summed E-state index contributed by atoms with van der Waals surface area (Å²) in [6.07, 6.45) is 2.00. The van der Waals surface area contributed by atoms with Gasteiger partial charge in [0.25, 0.3) is 0 Å². The fraction of sp³-hybridized carbons (Fsp3) is 0.514. The van der Waals surface area contributed by atoms with Crippen LogP contribution < -0.4 is 19.7 Å². The number of hydrogen-bond acceptors (Lipinski definition) is 8. The molecule has 1 aromatic heterocycles. The number of amides is 1. The van der Waals surface area contributed by atoms with Gasteiger partial charge >= 0.3 is 6.09 Å². The van der Waals surface area contributed by atoms with E-state index in [0.29, 0.717) is 11.6 Å². The Morgan fingerprint density at radius 3 is 2.13 bits per heavy atom. The van der Waals surface area contributed by atoms with Crippen molar-refractivity contribution in [1.29, 1.82) is 0 Å². The van der Waals surface area contributed by atoms with Crippen LogP contribution in [0.3, 0.4) is 0 Å². The summed E-state index contributed by atoms with van der Waals surface area (Å²) in [5.74, 6) is 1.34. The Balaban J connectivity index is 1.02. The zero-order chi connectivity index (χ0) is 32.0. The van der Waals surface area contributed by atoms with E-state index in [1.807, 2.05) is 62.1 Å². The Morgan fingerprint density at radius 1 is 0.978 bits per heavy atom. The van der Waals surface area contributed by atoms with Gasteiger partial charge in [-0.2, -0.15) is 0 Å². The molecule has 1 aliphatic carbocycles. The second-order valence-electron chi connectivity index (χ2n) is 14.2. The van der Waals surface area contributed by atoms with Crippen LogP contribution in [0.15, 0.2) is 54.9 Å². The maximum atomic E-state index is 15.4. The minimum atomic E-state index is -0.584. The lowest BCUT2D eigenvalue weighted by Gasteiger charge is -2.55. The number of ether oxygens (including phenoxy) is 4. The Hall–Kier alpha value is -3.92. The standard InChI is InChI=1S/C35H43FN4O5/c1-22(30-29(36)31(38-21-37-30)40-17-35(18-40)19-42-20-35)43-26-11-7-23(8-12-26)34(5,6)24-9-13-27(14-10-24)44-28-15-25(16-28)39-32(41)45-33(2,3)4/h7-14,21-22,25,28H,15-20H2,1-6H3,(H,39,41)/t22?,25-,28-. The van der Waals surface area contributed by atoms with Crippen molar-refractivity contribution in [2.45, 2.75) is 83.6 Å². The average molecular weight is 619 g/mol. The summed E-state index contributed by atoms with van der Waals surface area (Å²) in [5.41, 5.74) is 1.89. The largest absolute Gasteiger partial charge is 0.490 e. The molecule has 1 amide bonds. The van der Waals surface area contributed by atoms with E-state index in [0.717, 1.165) is 56.0 Å². The third-order valence-electron chi connectivity index (χ3n) is 8.93. The van der Waals surface area contributed by atoms with Gasteiger partial charge in [0.15, 0.2) is 11.6 Å². The number of nitrogens with zero attached hydrogens (tertiary/aromatic N) is 3. The summed E-state index contributed by atoms with van der Waals surface area (Å²) >= 11 is 0. The van der Waals surface area contributed by atoms with Crippen molar-refractivity contribution >= 4 is 11.9 Å². The van der Waals surface area contributed by atoms with Crippen LogP contribution in [-0.2, 0) is 14.9 Å². The van der Waals surface area contributed by atoms with E-state index in [9.17, 15) is 4.79 Å². The summed E-state index contributed by atoms with van der Waals surface area (Å²) in [6, 6.07) is 16.1. The Bertz CT molecular complexity index is 1500. The third-order valence-corrected chi connectivity index (χ3v) is 8.93. The molecular weight excluding hydrogens is 575 g/mol. The molecule has 3 heterocycles. The molecule has 3 fully saturated rings. The summed E-state index contributed by atoms with van der Waals surface area (Å²) in [4.78, 5) is 22.3. The van der Waals surface area contributed by atoms with Gasteiger partial charge in [-0.05, 0) is 63.1 Å². The molecule has 1 N–H and O–H groups in total. The lowest BCUT2D eigenvalue weighted by Crippen LogP contribution is -2.66. The highest BCUT2D eigenvalue weighted by molar-refractivity contribution is 5.68. The number of nitrogens with one attached hydrogen (secondary N) is 1. The number of carbonyl (C=O) groups excluding carboxylic acids is 1. The average Bonchev–Trinajstić information content (AvgIpc) is 2.90. The van der Waals surface area contributed by atoms with E-state index in [2.05, 4.69) is 41.3 Å². The minimum Gasteiger partial charge on any atom is -0.490 e. The smallest absolute Gasteiger partial charge is 0.407 e. The Labute approximate surface area is 264 Å². The van der Waals surface area contributed by atoms with Gasteiger partial charge in [-0.3, -0.25) is 0 Å². The topological polar surface area (TPSA) is 95.0 Å². The SMILES string of the molecule is CC(Oc1ccc(C(C)(C)c2ccc(O[C@H]3C[C@H](NC(=O)OC(C)(C)C)C3)cc2)cc1)c1ncnc(N2CC3(COC3)C2)c1F. The molecule has 2 aromatic carbocycles. The molecule has 6 rings (SSSR count). The van der Waals surface area contributed by atoms with Gasteiger partial charge in [0, 0.05) is 37.4 Å². The van der Waals surface area contributed by atoms with Crippen molar-refractivity contribution in [1.82, 2.24) is 15.3 Å². The predicted molar refractivity (Wildman–Crippen MR) is 168 cm³/mol. The van der Waals surface area contributed by atoms with Crippen molar-refractivity contribution in [2.75, 3.05) is 31.2 Å². The number of carbonyl (C=O) groups is 1. The lowest BCUT2D eigenvalue weighted by molar-refractivity contribution is -0.127. The molecule has 45 heavy (non-hydrogen) atoms. The molecule has 0 bridgehead atoms. The first-order chi connectivity index (χ1) is 21.3. The molecule has 1 saturated carbocycles.